The third-order valence-electron chi connectivity index (χ3n) is 5.27. The van der Waals surface area contributed by atoms with Crippen molar-refractivity contribution < 1.29 is 4.39 Å². The standard InChI is InChI=1S/C19H30FN/c1-4-15-6-7-17(13-21-5-2)18(11-15)12-16-8-9-19(20)10-14(16)3/h8-10,15,17-18,21H,4-7,11-13H2,1-3H3. The average molecular weight is 291 g/mol. The third-order valence-corrected chi connectivity index (χ3v) is 5.27. The minimum absolute atomic E-state index is 0.115. The Morgan fingerprint density at radius 3 is 2.67 bits per heavy atom. The molecule has 3 atom stereocenters. The highest BCUT2D eigenvalue weighted by Crippen LogP contribution is 2.37. The Kier molecular flexibility index (Phi) is 6.22. The first-order valence-electron chi connectivity index (χ1n) is 8.59. The van der Waals surface area contributed by atoms with E-state index in [0.717, 1.165) is 42.8 Å². The van der Waals surface area contributed by atoms with Crippen LogP contribution in [0.1, 0.15) is 50.7 Å². The van der Waals surface area contributed by atoms with Crippen LogP contribution in [-0.2, 0) is 6.42 Å². The molecule has 0 bridgehead atoms. The monoisotopic (exact) mass is 291 g/mol. The molecule has 0 radical (unpaired) electrons. The molecule has 0 aromatic heterocycles. The van der Waals surface area contributed by atoms with Crippen LogP contribution in [-0.4, -0.2) is 13.1 Å². The molecule has 2 heteroatoms. The first-order valence-corrected chi connectivity index (χ1v) is 8.59. The molecule has 1 aromatic rings. The molecule has 1 saturated carbocycles. The second-order valence-electron chi connectivity index (χ2n) is 6.69. The Labute approximate surface area is 129 Å². The van der Waals surface area contributed by atoms with E-state index in [0.29, 0.717) is 0 Å². The fourth-order valence-corrected chi connectivity index (χ4v) is 3.81. The number of hydrogen-bond acceptors (Lipinski definition) is 1. The summed E-state index contributed by atoms with van der Waals surface area (Å²) < 4.78 is 13.3. The van der Waals surface area contributed by atoms with Crippen LogP contribution in [0.4, 0.5) is 4.39 Å². The van der Waals surface area contributed by atoms with E-state index in [4.69, 9.17) is 0 Å². The van der Waals surface area contributed by atoms with Gasteiger partial charge in [0.25, 0.3) is 0 Å². The molecule has 0 saturated heterocycles. The topological polar surface area (TPSA) is 12.0 Å². The molecule has 1 N–H and O–H groups in total. The third kappa shape index (κ3) is 4.54. The zero-order valence-corrected chi connectivity index (χ0v) is 13.8. The molecule has 0 spiro atoms. The molecule has 0 amide bonds. The van der Waals surface area contributed by atoms with Gasteiger partial charge in [-0.1, -0.05) is 32.8 Å². The minimum atomic E-state index is -0.115. The van der Waals surface area contributed by atoms with Crippen LogP contribution >= 0.6 is 0 Å². The first kappa shape index (κ1) is 16.5. The number of hydrogen-bond donors (Lipinski definition) is 1. The smallest absolute Gasteiger partial charge is 0.123 e. The Morgan fingerprint density at radius 2 is 2.00 bits per heavy atom. The lowest BCUT2D eigenvalue weighted by Crippen LogP contribution is -2.34. The van der Waals surface area contributed by atoms with Gasteiger partial charge in [-0.05, 0) is 80.3 Å². The van der Waals surface area contributed by atoms with E-state index in [1.807, 2.05) is 13.0 Å². The maximum atomic E-state index is 13.3. The lowest BCUT2D eigenvalue weighted by atomic mass is 9.70. The van der Waals surface area contributed by atoms with Crippen LogP contribution in [0, 0.1) is 30.5 Å². The van der Waals surface area contributed by atoms with Gasteiger partial charge in [-0.15, -0.1) is 0 Å². The van der Waals surface area contributed by atoms with Crippen LogP contribution in [0.25, 0.3) is 0 Å². The van der Waals surface area contributed by atoms with Gasteiger partial charge in [0.1, 0.15) is 5.82 Å². The molecule has 1 fully saturated rings. The quantitative estimate of drug-likeness (QED) is 0.799. The summed E-state index contributed by atoms with van der Waals surface area (Å²) >= 11 is 0. The van der Waals surface area contributed by atoms with Gasteiger partial charge in [-0.3, -0.25) is 0 Å². The summed E-state index contributed by atoms with van der Waals surface area (Å²) in [5, 5.41) is 3.53. The summed E-state index contributed by atoms with van der Waals surface area (Å²) in [6.45, 7) is 8.72. The molecule has 1 nitrogen and oxygen atoms in total. The van der Waals surface area contributed by atoms with E-state index < -0.39 is 0 Å². The van der Waals surface area contributed by atoms with Gasteiger partial charge in [0.15, 0.2) is 0 Å². The molecular formula is C19H30FN. The van der Waals surface area contributed by atoms with Crippen LogP contribution in [0.3, 0.4) is 0 Å². The summed E-state index contributed by atoms with van der Waals surface area (Å²) in [6, 6.07) is 5.28. The Hall–Kier alpha value is -0.890. The van der Waals surface area contributed by atoms with Crippen LogP contribution in [0.15, 0.2) is 18.2 Å². The maximum absolute atomic E-state index is 13.3. The van der Waals surface area contributed by atoms with Crippen LogP contribution in [0.2, 0.25) is 0 Å². The van der Waals surface area contributed by atoms with Gasteiger partial charge < -0.3 is 5.32 Å². The molecule has 3 unspecified atom stereocenters. The average Bonchev–Trinajstić information content (AvgIpc) is 2.48. The number of halogens is 1. The molecule has 1 aliphatic carbocycles. The van der Waals surface area contributed by atoms with Gasteiger partial charge in [-0.25, -0.2) is 4.39 Å². The van der Waals surface area contributed by atoms with E-state index in [1.54, 1.807) is 12.1 Å². The van der Waals surface area contributed by atoms with E-state index in [9.17, 15) is 4.39 Å². The highest BCUT2D eigenvalue weighted by atomic mass is 19.1. The summed E-state index contributed by atoms with van der Waals surface area (Å²) in [4.78, 5) is 0. The first-order chi connectivity index (χ1) is 10.1. The number of benzene rings is 1. The molecule has 1 aliphatic rings. The number of aryl methyl sites for hydroxylation is 1. The normalized spacial score (nSPS) is 26.0. The van der Waals surface area contributed by atoms with Crippen molar-refractivity contribution >= 4 is 0 Å². The van der Waals surface area contributed by atoms with E-state index in [2.05, 4.69) is 19.2 Å². The summed E-state index contributed by atoms with van der Waals surface area (Å²) in [5.74, 6) is 2.29. The zero-order valence-electron chi connectivity index (χ0n) is 13.8. The van der Waals surface area contributed by atoms with Gasteiger partial charge >= 0.3 is 0 Å². The highest BCUT2D eigenvalue weighted by Gasteiger charge is 2.29. The van der Waals surface area contributed by atoms with Crippen molar-refractivity contribution in [3.05, 3.63) is 35.1 Å². The number of nitrogens with one attached hydrogen (secondary N) is 1. The highest BCUT2D eigenvalue weighted by molar-refractivity contribution is 5.27. The number of rotatable bonds is 6. The van der Waals surface area contributed by atoms with Crippen molar-refractivity contribution in [1.29, 1.82) is 0 Å². The van der Waals surface area contributed by atoms with E-state index in [-0.39, 0.29) is 5.82 Å². The molecule has 1 aromatic carbocycles. The lowest BCUT2D eigenvalue weighted by molar-refractivity contribution is 0.172. The van der Waals surface area contributed by atoms with Gasteiger partial charge in [0, 0.05) is 0 Å². The Morgan fingerprint density at radius 1 is 1.19 bits per heavy atom. The lowest BCUT2D eigenvalue weighted by Gasteiger charge is -2.36. The van der Waals surface area contributed by atoms with Crippen molar-refractivity contribution in [3.8, 4) is 0 Å². The van der Waals surface area contributed by atoms with E-state index in [1.165, 1.54) is 31.2 Å². The largest absolute Gasteiger partial charge is 0.317 e. The second-order valence-corrected chi connectivity index (χ2v) is 6.69. The summed E-state index contributed by atoms with van der Waals surface area (Å²) in [6.07, 6.45) is 6.47. The predicted molar refractivity (Wildman–Crippen MR) is 88.0 cm³/mol. The SMILES string of the molecule is CCNCC1CCC(CC)CC1Cc1ccc(F)cc1C. The van der Waals surface area contributed by atoms with Crippen LogP contribution in [0.5, 0.6) is 0 Å². The van der Waals surface area contributed by atoms with Gasteiger partial charge in [0.05, 0.1) is 0 Å². The molecule has 21 heavy (non-hydrogen) atoms. The Bertz CT molecular complexity index is 443. The maximum Gasteiger partial charge on any atom is 0.123 e. The van der Waals surface area contributed by atoms with Crippen molar-refractivity contribution in [2.45, 2.75) is 52.9 Å². The summed E-state index contributed by atoms with van der Waals surface area (Å²) in [5.41, 5.74) is 2.44. The van der Waals surface area contributed by atoms with Crippen LogP contribution < -0.4 is 5.32 Å². The predicted octanol–water partition coefficient (Wildman–Crippen LogP) is 4.73. The van der Waals surface area contributed by atoms with Crippen molar-refractivity contribution in [2.24, 2.45) is 17.8 Å². The fraction of sp³-hybridized carbons (Fsp3) is 0.684. The zero-order chi connectivity index (χ0) is 15.2. The van der Waals surface area contributed by atoms with E-state index >= 15 is 0 Å². The molecule has 0 heterocycles. The molecule has 0 aliphatic heterocycles. The van der Waals surface area contributed by atoms with Gasteiger partial charge in [-0.2, -0.15) is 0 Å². The van der Waals surface area contributed by atoms with Crippen molar-refractivity contribution in [2.75, 3.05) is 13.1 Å². The second kappa shape index (κ2) is 7.93. The molecule has 2 rings (SSSR count). The summed E-state index contributed by atoms with van der Waals surface area (Å²) in [7, 11) is 0. The van der Waals surface area contributed by atoms with Crippen molar-refractivity contribution in [3.63, 3.8) is 0 Å². The van der Waals surface area contributed by atoms with Crippen molar-refractivity contribution in [1.82, 2.24) is 5.32 Å². The fourth-order valence-electron chi connectivity index (χ4n) is 3.81. The Balaban J connectivity index is 2.07. The minimum Gasteiger partial charge on any atom is -0.317 e. The molecule has 118 valence electrons. The molecular weight excluding hydrogens is 261 g/mol. The van der Waals surface area contributed by atoms with Gasteiger partial charge in [0.2, 0.25) is 0 Å².